The topological polar surface area (TPSA) is 41.1 Å². The third-order valence-corrected chi connectivity index (χ3v) is 3.55. The molecule has 0 fully saturated rings. The Kier molecular flexibility index (Phi) is 4.25. The predicted octanol–water partition coefficient (Wildman–Crippen LogP) is 3.14. The number of fused-ring (bicyclic) bond motifs is 1. The Morgan fingerprint density at radius 1 is 1.32 bits per heavy atom. The lowest BCUT2D eigenvalue weighted by Crippen LogP contribution is -2.31. The molecule has 1 aliphatic rings. The van der Waals surface area contributed by atoms with Gasteiger partial charge in [0.05, 0.1) is 0 Å². The van der Waals surface area contributed by atoms with Crippen LogP contribution in [0.5, 0.6) is 0 Å². The van der Waals surface area contributed by atoms with Crippen LogP contribution in [0.25, 0.3) is 0 Å². The molecule has 0 bridgehead atoms. The van der Waals surface area contributed by atoms with Crippen LogP contribution in [0.2, 0.25) is 0 Å². The second-order valence-corrected chi connectivity index (χ2v) is 6.55. The van der Waals surface area contributed by atoms with Crippen molar-refractivity contribution in [2.45, 2.75) is 39.5 Å². The minimum atomic E-state index is 0.126. The first-order chi connectivity index (χ1) is 8.96. The molecule has 0 spiro atoms. The minimum absolute atomic E-state index is 0.126. The van der Waals surface area contributed by atoms with Crippen molar-refractivity contribution < 1.29 is 4.79 Å². The minimum Gasteiger partial charge on any atom is -0.326 e. The summed E-state index contributed by atoms with van der Waals surface area (Å²) in [5.74, 6) is 0.422. The van der Waals surface area contributed by atoms with Gasteiger partial charge in [0, 0.05) is 24.6 Å². The molecule has 1 aromatic carbocycles. The van der Waals surface area contributed by atoms with E-state index in [9.17, 15) is 4.79 Å². The summed E-state index contributed by atoms with van der Waals surface area (Å²) < 4.78 is 0. The molecule has 3 heteroatoms. The maximum atomic E-state index is 11.7. The first-order valence-corrected chi connectivity index (χ1v) is 7.05. The molecule has 1 aromatic rings. The molecule has 2 N–H and O–H groups in total. The zero-order valence-electron chi connectivity index (χ0n) is 12.1. The third-order valence-electron chi connectivity index (χ3n) is 3.55. The summed E-state index contributed by atoms with van der Waals surface area (Å²) in [6, 6.07) is 8.10. The highest BCUT2D eigenvalue weighted by molar-refractivity contribution is 5.94. The highest BCUT2D eigenvalue weighted by Gasteiger charge is 2.24. The molecule has 0 aliphatic carbocycles. The summed E-state index contributed by atoms with van der Waals surface area (Å²) in [6.07, 6.45) is 1.73. The van der Waals surface area contributed by atoms with Crippen molar-refractivity contribution in [2.24, 2.45) is 5.41 Å². The van der Waals surface area contributed by atoms with Crippen LogP contribution in [0.1, 0.15) is 45.1 Å². The predicted molar refractivity (Wildman–Crippen MR) is 79.4 cm³/mol. The van der Waals surface area contributed by atoms with E-state index < -0.39 is 0 Å². The molecule has 3 nitrogen and oxygen atoms in total. The van der Waals surface area contributed by atoms with E-state index in [1.165, 1.54) is 5.56 Å². The molecule has 0 unspecified atom stereocenters. The van der Waals surface area contributed by atoms with Crippen LogP contribution >= 0.6 is 0 Å². The molecule has 104 valence electrons. The van der Waals surface area contributed by atoms with Gasteiger partial charge in [0.1, 0.15) is 0 Å². The summed E-state index contributed by atoms with van der Waals surface area (Å²) in [6.45, 7) is 8.62. The molecule has 0 aromatic heterocycles. The molecule has 2 rings (SSSR count). The molecule has 1 amide bonds. The number of rotatable bonds is 4. The van der Waals surface area contributed by atoms with E-state index in [2.05, 4.69) is 37.5 Å². The number of anilines is 1. The molecule has 1 atom stereocenters. The van der Waals surface area contributed by atoms with Gasteiger partial charge in [-0.05, 0) is 30.0 Å². The van der Waals surface area contributed by atoms with E-state index in [1.807, 2.05) is 18.2 Å². The molecular formula is C16H24N2O. The summed E-state index contributed by atoms with van der Waals surface area (Å²) in [5.41, 5.74) is 2.58. The van der Waals surface area contributed by atoms with Gasteiger partial charge < -0.3 is 10.6 Å². The quantitative estimate of drug-likeness (QED) is 0.817. The molecular weight excluding hydrogens is 236 g/mol. The molecule has 0 saturated heterocycles. The van der Waals surface area contributed by atoms with Crippen LogP contribution < -0.4 is 10.6 Å². The Morgan fingerprint density at radius 2 is 2.05 bits per heavy atom. The van der Waals surface area contributed by atoms with Crippen LogP contribution in [0, 0.1) is 5.41 Å². The fourth-order valence-electron chi connectivity index (χ4n) is 2.42. The highest BCUT2D eigenvalue weighted by Crippen LogP contribution is 2.31. The largest absolute Gasteiger partial charge is 0.326 e. The van der Waals surface area contributed by atoms with Crippen molar-refractivity contribution in [3.05, 3.63) is 29.8 Å². The van der Waals surface area contributed by atoms with E-state index in [4.69, 9.17) is 0 Å². The molecule has 0 radical (unpaired) electrons. The van der Waals surface area contributed by atoms with Crippen LogP contribution in [0.3, 0.4) is 0 Å². The highest BCUT2D eigenvalue weighted by atomic mass is 16.1. The number of nitrogens with one attached hydrogen (secondary N) is 2. The van der Waals surface area contributed by atoms with Crippen molar-refractivity contribution in [1.82, 2.24) is 5.32 Å². The van der Waals surface area contributed by atoms with Crippen molar-refractivity contribution in [3.8, 4) is 0 Å². The Balaban J connectivity index is 1.92. The average Bonchev–Trinajstić information content (AvgIpc) is 2.33. The van der Waals surface area contributed by atoms with Gasteiger partial charge in [-0.3, -0.25) is 4.79 Å². The molecule has 0 saturated carbocycles. The number of para-hydroxylation sites is 1. The van der Waals surface area contributed by atoms with Crippen LogP contribution in [0.15, 0.2) is 24.3 Å². The number of carbonyl (C=O) groups is 1. The molecule has 1 heterocycles. The Morgan fingerprint density at radius 3 is 2.79 bits per heavy atom. The van der Waals surface area contributed by atoms with Gasteiger partial charge in [0.15, 0.2) is 0 Å². The Bertz CT molecular complexity index is 448. The lowest BCUT2D eigenvalue weighted by atomic mass is 9.90. The van der Waals surface area contributed by atoms with Crippen LogP contribution in [0.4, 0.5) is 5.69 Å². The number of carbonyl (C=O) groups excluding carboxylic acids is 1. The van der Waals surface area contributed by atoms with Crippen molar-refractivity contribution in [1.29, 1.82) is 0 Å². The van der Waals surface area contributed by atoms with Gasteiger partial charge in [-0.1, -0.05) is 39.0 Å². The number of hydrogen-bond acceptors (Lipinski definition) is 2. The molecule has 19 heavy (non-hydrogen) atoms. The van der Waals surface area contributed by atoms with Gasteiger partial charge in [-0.2, -0.15) is 0 Å². The zero-order chi connectivity index (χ0) is 13.9. The first-order valence-electron chi connectivity index (χ1n) is 7.05. The van der Waals surface area contributed by atoms with Crippen molar-refractivity contribution in [2.75, 3.05) is 18.4 Å². The third kappa shape index (κ3) is 4.06. The second kappa shape index (κ2) is 5.74. The van der Waals surface area contributed by atoms with E-state index >= 15 is 0 Å². The number of hydrogen-bond donors (Lipinski definition) is 2. The maximum Gasteiger partial charge on any atom is 0.225 e. The first kappa shape index (κ1) is 14.1. The average molecular weight is 260 g/mol. The SMILES string of the molecule is CC(C)(C)CCNC[C@@H]1CC(=O)Nc2ccccc21. The van der Waals surface area contributed by atoms with Gasteiger partial charge in [-0.15, -0.1) is 0 Å². The number of amides is 1. The summed E-state index contributed by atoms with van der Waals surface area (Å²) in [7, 11) is 0. The van der Waals surface area contributed by atoms with E-state index in [-0.39, 0.29) is 5.91 Å². The summed E-state index contributed by atoms with van der Waals surface area (Å²) in [5, 5.41) is 6.43. The standard InChI is InChI=1S/C16H24N2O/c1-16(2,3)8-9-17-11-12-10-15(19)18-14-7-5-4-6-13(12)14/h4-7,12,17H,8-11H2,1-3H3,(H,18,19)/t12-/m0/s1. The van der Waals surface area contributed by atoms with Gasteiger partial charge in [0.2, 0.25) is 5.91 Å². The summed E-state index contributed by atoms with van der Waals surface area (Å²) in [4.78, 5) is 11.7. The maximum absolute atomic E-state index is 11.7. The molecule has 1 aliphatic heterocycles. The monoisotopic (exact) mass is 260 g/mol. The number of benzene rings is 1. The van der Waals surface area contributed by atoms with Crippen molar-refractivity contribution in [3.63, 3.8) is 0 Å². The van der Waals surface area contributed by atoms with Crippen LogP contribution in [-0.4, -0.2) is 19.0 Å². The van der Waals surface area contributed by atoms with Gasteiger partial charge in [0.25, 0.3) is 0 Å². The fraction of sp³-hybridized carbons (Fsp3) is 0.562. The Labute approximate surface area is 115 Å². The fourth-order valence-corrected chi connectivity index (χ4v) is 2.42. The lowest BCUT2D eigenvalue weighted by molar-refractivity contribution is -0.116. The zero-order valence-corrected chi connectivity index (χ0v) is 12.1. The summed E-state index contributed by atoms with van der Waals surface area (Å²) >= 11 is 0. The van der Waals surface area contributed by atoms with Crippen molar-refractivity contribution >= 4 is 11.6 Å². The lowest BCUT2D eigenvalue weighted by Gasteiger charge is -2.26. The Hall–Kier alpha value is -1.35. The van der Waals surface area contributed by atoms with E-state index in [1.54, 1.807) is 0 Å². The van der Waals surface area contributed by atoms with Gasteiger partial charge >= 0.3 is 0 Å². The normalized spacial score (nSPS) is 18.9. The second-order valence-electron chi connectivity index (χ2n) is 6.55. The smallest absolute Gasteiger partial charge is 0.225 e. The van der Waals surface area contributed by atoms with Gasteiger partial charge in [-0.25, -0.2) is 0 Å². The van der Waals surface area contributed by atoms with Crippen LogP contribution in [-0.2, 0) is 4.79 Å². The van der Waals surface area contributed by atoms with E-state index in [0.29, 0.717) is 17.8 Å². The van der Waals surface area contributed by atoms with E-state index in [0.717, 1.165) is 25.2 Å².